The van der Waals surface area contributed by atoms with Crippen molar-refractivity contribution in [1.29, 1.82) is 5.26 Å². The second-order valence-corrected chi connectivity index (χ2v) is 3.92. The first-order valence-electron chi connectivity index (χ1n) is 5.68. The van der Waals surface area contributed by atoms with Crippen LogP contribution in [0.5, 0.6) is 0 Å². The molecule has 0 amide bonds. The molecule has 2 aromatic rings. The van der Waals surface area contributed by atoms with Gasteiger partial charge in [0.2, 0.25) is 5.78 Å². The third-order valence-electron chi connectivity index (χ3n) is 2.58. The van der Waals surface area contributed by atoms with Crippen LogP contribution >= 0.6 is 0 Å². The number of carbonyl (C=O) groups is 1. The van der Waals surface area contributed by atoms with Crippen molar-refractivity contribution < 1.29 is 9.18 Å². The van der Waals surface area contributed by atoms with Gasteiger partial charge in [0.15, 0.2) is 0 Å². The zero-order chi connectivity index (χ0) is 13.7. The Morgan fingerprint density at radius 3 is 2.26 bits per heavy atom. The van der Waals surface area contributed by atoms with Crippen molar-refractivity contribution >= 4 is 11.9 Å². The molecule has 0 aliphatic heterocycles. The first-order chi connectivity index (χ1) is 9.20. The van der Waals surface area contributed by atoms with Gasteiger partial charge < -0.3 is 0 Å². The molecule has 0 aromatic heterocycles. The monoisotopic (exact) mass is 251 g/mol. The van der Waals surface area contributed by atoms with Gasteiger partial charge in [0.25, 0.3) is 0 Å². The van der Waals surface area contributed by atoms with Crippen LogP contribution in [0, 0.1) is 17.1 Å². The molecular formula is C16H10FNO. The van der Waals surface area contributed by atoms with Crippen molar-refractivity contribution in [3.8, 4) is 6.07 Å². The summed E-state index contributed by atoms with van der Waals surface area (Å²) in [5, 5.41) is 9.06. The Hall–Kier alpha value is -2.73. The average molecular weight is 251 g/mol. The normalized spacial score (nSPS) is 10.8. The van der Waals surface area contributed by atoms with Gasteiger partial charge in [-0.05, 0) is 23.8 Å². The Kier molecular flexibility index (Phi) is 3.84. The van der Waals surface area contributed by atoms with Gasteiger partial charge in [-0.15, -0.1) is 0 Å². The van der Waals surface area contributed by atoms with Crippen LogP contribution < -0.4 is 0 Å². The lowest BCUT2D eigenvalue weighted by atomic mass is 10.0. The summed E-state index contributed by atoms with van der Waals surface area (Å²) in [7, 11) is 0. The summed E-state index contributed by atoms with van der Waals surface area (Å²) in [6.07, 6.45) is 1.45. The Bertz CT molecular complexity index is 651. The van der Waals surface area contributed by atoms with Gasteiger partial charge in [-0.2, -0.15) is 5.26 Å². The fourth-order valence-corrected chi connectivity index (χ4v) is 1.62. The van der Waals surface area contributed by atoms with Crippen LogP contribution in [-0.2, 0) is 0 Å². The first-order valence-corrected chi connectivity index (χ1v) is 5.68. The van der Waals surface area contributed by atoms with Gasteiger partial charge in [-0.3, -0.25) is 4.79 Å². The summed E-state index contributed by atoms with van der Waals surface area (Å²) in [6.45, 7) is 0. The number of Topliss-reactive ketones (excluding diaryl/α,β-unsaturated/α-hetero) is 1. The highest BCUT2D eigenvalue weighted by Crippen LogP contribution is 2.13. The smallest absolute Gasteiger partial charge is 0.203 e. The molecule has 2 nitrogen and oxygen atoms in total. The van der Waals surface area contributed by atoms with E-state index in [-0.39, 0.29) is 17.2 Å². The second kappa shape index (κ2) is 5.74. The number of nitriles is 1. The van der Waals surface area contributed by atoms with Gasteiger partial charge in [0.1, 0.15) is 17.5 Å². The Morgan fingerprint density at radius 2 is 1.68 bits per heavy atom. The molecule has 0 saturated heterocycles. The average Bonchev–Trinajstić information content (AvgIpc) is 2.47. The van der Waals surface area contributed by atoms with E-state index in [4.69, 9.17) is 5.26 Å². The van der Waals surface area contributed by atoms with Crippen molar-refractivity contribution in [2.45, 2.75) is 0 Å². The molecule has 0 saturated carbocycles. The van der Waals surface area contributed by atoms with Crippen LogP contribution in [0.15, 0.2) is 60.2 Å². The molecule has 92 valence electrons. The fourth-order valence-electron chi connectivity index (χ4n) is 1.62. The predicted octanol–water partition coefficient (Wildman–Crippen LogP) is 3.62. The summed E-state index contributed by atoms with van der Waals surface area (Å²) in [5.74, 6) is -0.697. The molecule has 0 radical (unpaired) electrons. The van der Waals surface area contributed by atoms with Crippen molar-refractivity contribution in [3.05, 3.63) is 77.1 Å². The van der Waals surface area contributed by atoms with Crippen molar-refractivity contribution in [2.24, 2.45) is 0 Å². The van der Waals surface area contributed by atoms with Crippen LogP contribution in [0.2, 0.25) is 0 Å². The molecule has 0 bridgehead atoms. The van der Waals surface area contributed by atoms with E-state index in [0.29, 0.717) is 11.1 Å². The van der Waals surface area contributed by atoms with E-state index in [0.717, 1.165) is 0 Å². The largest absolute Gasteiger partial charge is 0.288 e. The number of hydrogen-bond acceptors (Lipinski definition) is 2. The van der Waals surface area contributed by atoms with Crippen molar-refractivity contribution in [3.63, 3.8) is 0 Å². The highest BCUT2D eigenvalue weighted by atomic mass is 19.1. The molecule has 3 heteroatoms. The van der Waals surface area contributed by atoms with E-state index in [9.17, 15) is 9.18 Å². The van der Waals surface area contributed by atoms with Crippen molar-refractivity contribution in [2.75, 3.05) is 0 Å². The molecule has 0 heterocycles. The zero-order valence-electron chi connectivity index (χ0n) is 10.0. The van der Waals surface area contributed by atoms with Gasteiger partial charge >= 0.3 is 0 Å². The molecule has 0 fully saturated rings. The molecule has 0 unspecified atom stereocenters. The van der Waals surface area contributed by atoms with E-state index in [1.807, 2.05) is 6.07 Å². The first kappa shape index (κ1) is 12.7. The standard InChI is InChI=1S/C16H10FNO/c17-15-8-6-12(7-9-15)10-14(11-18)16(19)13-4-2-1-3-5-13/h1-10H/b14-10+. The number of allylic oxidation sites excluding steroid dienone is 1. The minimum atomic E-state index is -0.356. The second-order valence-electron chi connectivity index (χ2n) is 3.92. The van der Waals surface area contributed by atoms with Crippen LogP contribution in [0.25, 0.3) is 6.08 Å². The molecule has 0 aliphatic rings. The minimum absolute atomic E-state index is 0.0257. The summed E-state index contributed by atoms with van der Waals surface area (Å²) in [6, 6.07) is 16.1. The zero-order valence-corrected chi connectivity index (χ0v) is 10.0. The summed E-state index contributed by atoms with van der Waals surface area (Å²) in [4.78, 5) is 12.1. The number of halogens is 1. The third kappa shape index (κ3) is 3.14. The third-order valence-corrected chi connectivity index (χ3v) is 2.58. The lowest BCUT2D eigenvalue weighted by Crippen LogP contribution is -2.01. The van der Waals surface area contributed by atoms with Gasteiger partial charge in [0.05, 0.1) is 0 Å². The quantitative estimate of drug-likeness (QED) is 0.475. The maximum atomic E-state index is 12.8. The van der Waals surface area contributed by atoms with Gasteiger partial charge in [0, 0.05) is 5.56 Å². The van der Waals surface area contributed by atoms with Crippen LogP contribution in [0.1, 0.15) is 15.9 Å². The van der Waals surface area contributed by atoms with E-state index in [2.05, 4.69) is 0 Å². The molecule has 0 N–H and O–H groups in total. The molecule has 2 rings (SSSR count). The number of rotatable bonds is 3. The van der Waals surface area contributed by atoms with E-state index < -0.39 is 0 Å². The lowest BCUT2D eigenvalue weighted by molar-refractivity contribution is 0.104. The van der Waals surface area contributed by atoms with E-state index in [1.165, 1.54) is 30.3 Å². The molecule has 0 spiro atoms. The van der Waals surface area contributed by atoms with E-state index in [1.54, 1.807) is 30.3 Å². The highest BCUT2D eigenvalue weighted by Gasteiger charge is 2.11. The van der Waals surface area contributed by atoms with Gasteiger partial charge in [-0.25, -0.2) is 4.39 Å². The summed E-state index contributed by atoms with van der Waals surface area (Å²) < 4.78 is 12.8. The minimum Gasteiger partial charge on any atom is -0.288 e. The fraction of sp³-hybridized carbons (Fsp3) is 0. The number of nitrogens with zero attached hydrogens (tertiary/aromatic N) is 1. The van der Waals surface area contributed by atoms with Crippen molar-refractivity contribution in [1.82, 2.24) is 0 Å². The number of hydrogen-bond donors (Lipinski definition) is 0. The molecular weight excluding hydrogens is 241 g/mol. The Balaban J connectivity index is 2.33. The molecule has 0 aliphatic carbocycles. The summed E-state index contributed by atoms with van der Waals surface area (Å²) in [5.41, 5.74) is 1.09. The van der Waals surface area contributed by atoms with Crippen LogP contribution in [0.3, 0.4) is 0 Å². The number of benzene rings is 2. The molecule has 0 atom stereocenters. The molecule has 2 aromatic carbocycles. The molecule has 19 heavy (non-hydrogen) atoms. The Morgan fingerprint density at radius 1 is 1.05 bits per heavy atom. The van der Waals surface area contributed by atoms with Crippen LogP contribution in [-0.4, -0.2) is 5.78 Å². The topological polar surface area (TPSA) is 40.9 Å². The maximum Gasteiger partial charge on any atom is 0.203 e. The van der Waals surface area contributed by atoms with Gasteiger partial charge in [-0.1, -0.05) is 42.5 Å². The highest BCUT2D eigenvalue weighted by molar-refractivity contribution is 6.13. The SMILES string of the molecule is N#C/C(=C\c1ccc(F)cc1)C(=O)c1ccccc1. The lowest BCUT2D eigenvalue weighted by Gasteiger charge is -1.99. The number of carbonyl (C=O) groups excluding carboxylic acids is 1. The maximum absolute atomic E-state index is 12.8. The van der Waals surface area contributed by atoms with Crippen LogP contribution in [0.4, 0.5) is 4.39 Å². The van der Waals surface area contributed by atoms with E-state index >= 15 is 0 Å². The predicted molar refractivity (Wildman–Crippen MR) is 70.8 cm³/mol. The number of ketones is 1. The summed E-state index contributed by atoms with van der Waals surface area (Å²) >= 11 is 0. The Labute approximate surface area is 110 Å².